The number of benzene rings is 2. The van der Waals surface area contributed by atoms with Crippen molar-refractivity contribution in [1.82, 2.24) is 10.6 Å². The molecule has 0 aliphatic carbocycles. The van der Waals surface area contributed by atoms with E-state index >= 15 is 0 Å². The minimum atomic E-state index is -0.0669. The Bertz CT molecular complexity index is 697. The summed E-state index contributed by atoms with van der Waals surface area (Å²) < 4.78 is 0. The summed E-state index contributed by atoms with van der Waals surface area (Å²) in [5.41, 5.74) is 5.35. The van der Waals surface area contributed by atoms with E-state index in [1.807, 2.05) is 6.92 Å². The average molecular weight is 301 g/mol. The number of hydrogen-bond donors (Lipinski definition) is 2. The van der Waals surface area contributed by atoms with Crippen LogP contribution in [0.25, 0.3) is 0 Å². The second kappa shape index (κ2) is 5.88. The number of fused-ring (bicyclic) bond motifs is 1. The van der Waals surface area contributed by atoms with Crippen LogP contribution in [-0.2, 0) is 19.6 Å². The van der Waals surface area contributed by atoms with Crippen LogP contribution in [0.1, 0.15) is 32.6 Å². The lowest BCUT2D eigenvalue weighted by atomic mass is 10.1. The molecule has 0 radical (unpaired) electrons. The van der Waals surface area contributed by atoms with Gasteiger partial charge in [0.05, 0.1) is 0 Å². The molecule has 108 valence electrons. The van der Waals surface area contributed by atoms with Gasteiger partial charge in [0, 0.05) is 30.2 Å². The normalized spacial score (nSPS) is 13.0. The van der Waals surface area contributed by atoms with Gasteiger partial charge in [0.2, 0.25) is 0 Å². The SMILES string of the molecule is Cc1cc(Cl)ccc1C(=O)NCc1ccc2c(c1)CNC2. The molecule has 1 amide bonds. The molecule has 2 aromatic carbocycles. The van der Waals surface area contributed by atoms with Crippen molar-refractivity contribution in [3.63, 3.8) is 0 Å². The average Bonchev–Trinajstić information content (AvgIpc) is 2.92. The molecule has 0 atom stereocenters. The fourth-order valence-corrected chi connectivity index (χ4v) is 2.84. The van der Waals surface area contributed by atoms with Gasteiger partial charge in [0.15, 0.2) is 0 Å². The van der Waals surface area contributed by atoms with E-state index in [1.54, 1.807) is 18.2 Å². The minimum Gasteiger partial charge on any atom is -0.348 e. The quantitative estimate of drug-likeness (QED) is 0.914. The summed E-state index contributed by atoms with van der Waals surface area (Å²) in [6.45, 7) is 4.27. The predicted octanol–water partition coefficient (Wildman–Crippen LogP) is 3.18. The number of amides is 1. The number of nitrogens with one attached hydrogen (secondary N) is 2. The zero-order valence-electron chi connectivity index (χ0n) is 11.9. The largest absolute Gasteiger partial charge is 0.348 e. The van der Waals surface area contributed by atoms with E-state index in [0.29, 0.717) is 17.1 Å². The zero-order valence-corrected chi connectivity index (χ0v) is 12.6. The number of aryl methyl sites for hydroxylation is 1. The fraction of sp³-hybridized carbons (Fsp3) is 0.235. The molecule has 0 saturated heterocycles. The number of hydrogen-bond acceptors (Lipinski definition) is 2. The van der Waals surface area contributed by atoms with Gasteiger partial charge < -0.3 is 10.6 Å². The topological polar surface area (TPSA) is 41.1 Å². The molecule has 3 nitrogen and oxygen atoms in total. The van der Waals surface area contributed by atoms with Crippen LogP contribution in [-0.4, -0.2) is 5.91 Å². The van der Waals surface area contributed by atoms with Crippen molar-refractivity contribution in [2.75, 3.05) is 0 Å². The molecule has 0 aromatic heterocycles. The molecular formula is C17H17ClN2O. The highest BCUT2D eigenvalue weighted by Gasteiger charge is 2.12. The van der Waals surface area contributed by atoms with Gasteiger partial charge in [-0.3, -0.25) is 4.79 Å². The van der Waals surface area contributed by atoms with E-state index in [0.717, 1.165) is 24.2 Å². The Hall–Kier alpha value is -1.84. The summed E-state index contributed by atoms with van der Waals surface area (Å²) in [6.07, 6.45) is 0. The molecule has 0 saturated carbocycles. The van der Waals surface area contributed by atoms with Crippen LogP contribution in [0.4, 0.5) is 0 Å². The molecule has 0 unspecified atom stereocenters. The predicted molar refractivity (Wildman–Crippen MR) is 84.3 cm³/mol. The Kier molecular flexibility index (Phi) is 3.95. The third-order valence-electron chi connectivity index (χ3n) is 3.79. The Morgan fingerprint density at radius 2 is 2.00 bits per heavy atom. The highest BCUT2D eigenvalue weighted by molar-refractivity contribution is 6.30. The number of rotatable bonds is 3. The van der Waals surface area contributed by atoms with Crippen molar-refractivity contribution in [1.29, 1.82) is 0 Å². The van der Waals surface area contributed by atoms with E-state index < -0.39 is 0 Å². The van der Waals surface area contributed by atoms with Gasteiger partial charge in [-0.1, -0.05) is 29.8 Å². The van der Waals surface area contributed by atoms with Crippen molar-refractivity contribution in [2.45, 2.75) is 26.6 Å². The lowest BCUT2D eigenvalue weighted by molar-refractivity contribution is 0.0950. The maximum absolute atomic E-state index is 12.2. The first-order valence-corrected chi connectivity index (χ1v) is 7.37. The molecule has 3 rings (SSSR count). The molecule has 2 N–H and O–H groups in total. The van der Waals surface area contributed by atoms with Crippen LogP contribution in [0.2, 0.25) is 5.02 Å². The first-order valence-electron chi connectivity index (χ1n) is 6.99. The maximum atomic E-state index is 12.2. The molecule has 0 spiro atoms. The lowest BCUT2D eigenvalue weighted by Crippen LogP contribution is -2.23. The Balaban J connectivity index is 1.68. The van der Waals surface area contributed by atoms with E-state index in [2.05, 4.69) is 28.8 Å². The van der Waals surface area contributed by atoms with Gasteiger partial charge in [-0.25, -0.2) is 0 Å². The van der Waals surface area contributed by atoms with E-state index in [1.165, 1.54) is 11.1 Å². The second-order valence-electron chi connectivity index (χ2n) is 5.35. The Labute approximate surface area is 129 Å². The van der Waals surface area contributed by atoms with Crippen molar-refractivity contribution in [3.05, 3.63) is 69.2 Å². The first-order chi connectivity index (χ1) is 10.1. The molecule has 0 bridgehead atoms. The highest BCUT2D eigenvalue weighted by atomic mass is 35.5. The fourth-order valence-electron chi connectivity index (χ4n) is 2.62. The number of halogens is 1. The minimum absolute atomic E-state index is 0.0669. The van der Waals surface area contributed by atoms with Crippen LogP contribution < -0.4 is 10.6 Å². The monoisotopic (exact) mass is 300 g/mol. The molecule has 1 aliphatic rings. The molecule has 21 heavy (non-hydrogen) atoms. The van der Waals surface area contributed by atoms with Crippen LogP contribution in [0.5, 0.6) is 0 Å². The standard InChI is InChI=1S/C17H17ClN2O/c1-11-6-15(18)4-5-16(11)17(21)20-8-12-2-3-13-9-19-10-14(13)7-12/h2-7,19H,8-10H2,1H3,(H,20,21). The van der Waals surface area contributed by atoms with Gasteiger partial charge in [-0.05, 0) is 47.4 Å². The van der Waals surface area contributed by atoms with Crippen molar-refractivity contribution < 1.29 is 4.79 Å². The van der Waals surface area contributed by atoms with Crippen molar-refractivity contribution >= 4 is 17.5 Å². The molecule has 2 aromatic rings. The van der Waals surface area contributed by atoms with Gasteiger partial charge in [0.1, 0.15) is 0 Å². The summed E-state index contributed by atoms with van der Waals surface area (Å²) in [5, 5.41) is 6.93. The lowest BCUT2D eigenvalue weighted by Gasteiger charge is -2.09. The molecule has 1 aliphatic heterocycles. The van der Waals surface area contributed by atoms with E-state index in [4.69, 9.17) is 11.6 Å². The van der Waals surface area contributed by atoms with Gasteiger partial charge in [0.25, 0.3) is 5.91 Å². The molecule has 1 heterocycles. The van der Waals surface area contributed by atoms with Crippen LogP contribution >= 0.6 is 11.6 Å². The third kappa shape index (κ3) is 3.09. The van der Waals surface area contributed by atoms with Gasteiger partial charge >= 0.3 is 0 Å². The number of carbonyl (C=O) groups excluding carboxylic acids is 1. The van der Waals surface area contributed by atoms with Crippen LogP contribution in [0.3, 0.4) is 0 Å². The molecular weight excluding hydrogens is 284 g/mol. The molecule has 0 fully saturated rings. The zero-order chi connectivity index (χ0) is 14.8. The summed E-state index contributed by atoms with van der Waals surface area (Å²) in [6, 6.07) is 11.7. The molecule has 4 heteroatoms. The van der Waals surface area contributed by atoms with Gasteiger partial charge in [-0.2, -0.15) is 0 Å². The summed E-state index contributed by atoms with van der Waals surface area (Å²) in [4.78, 5) is 12.2. The van der Waals surface area contributed by atoms with E-state index in [-0.39, 0.29) is 5.91 Å². The summed E-state index contributed by atoms with van der Waals surface area (Å²) in [5.74, 6) is -0.0669. The van der Waals surface area contributed by atoms with Crippen molar-refractivity contribution in [3.8, 4) is 0 Å². The third-order valence-corrected chi connectivity index (χ3v) is 4.02. The number of carbonyl (C=O) groups is 1. The van der Waals surface area contributed by atoms with Crippen molar-refractivity contribution in [2.24, 2.45) is 0 Å². The van der Waals surface area contributed by atoms with Crippen LogP contribution in [0, 0.1) is 6.92 Å². The Morgan fingerprint density at radius 3 is 2.81 bits per heavy atom. The van der Waals surface area contributed by atoms with E-state index in [9.17, 15) is 4.79 Å². The second-order valence-corrected chi connectivity index (χ2v) is 5.78. The summed E-state index contributed by atoms with van der Waals surface area (Å²) >= 11 is 5.91. The smallest absolute Gasteiger partial charge is 0.251 e. The van der Waals surface area contributed by atoms with Crippen LogP contribution in [0.15, 0.2) is 36.4 Å². The highest BCUT2D eigenvalue weighted by Crippen LogP contribution is 2.18. The maximum Gasteiger partial charge on any atom is 0.251 e. The Morgan fingerprint density at radius 1 is 1.19 bits per heavy atom. The van der Waals surface area contributed by atoms with Gasteiger partial charge in [-0.15, -0.1) is 0 Å². The summed E-state index contributed by atoms with van der Waals surface area (Å²) in [7, 11) is 0. The first kappa shape index (κ1) is 14.1.